The molecule has 0 amide bonds. The molecule has 0 N–H and O–H groups in total. The molecule has 2 aromatic rings. The summed E-state index contributed by atoms with van der Waals surface area (Å²) in [7, 11) is -1.71. The van der Waals surface area contributed by atoms with Gasteiger partial charge in [0.2, 0.25) is 0 Å². The van der Waals surface area contributed by atoms with E-state index in [-0.39, 0.29) is 5.03 Å². The van der Waals surface area contributed by atoms with Gasteiger partial charge in [0.1, 0.15) is 0 Å². The van der Waals surface area contributed by atoms with Crippen molar-refractivity contribution >= 4 is 10.0 Å². The fourth-order valence-electron chi connectivity index (χ4n) is 3.02. The summed E-state index contributed by atoms with van der Waals surface area (Å²) in [4.78, 5) is 8.32. The maximum absolute atomic E-state index is 12.7. The summed E-state index contributed by atoms with van der Waals surface area (Å²) in [6, 6.07) is 4.08. The van der Waals surface area contributed by atoms with Crippen LogP contribution < -0.4 is 0 Å². The van der Waals surface area contributed by atoms with Crippen LogP contribution in [0.3, 0.4) is 0 Å². The van der Waals surface area contributed by atoms with Crippen molar-refractivity contribution in [3.8, 4) is 0 Å². The Bertz CT molecular complexity index is 768. The molecule has 3 rings (SSSR count). The van der Waals surface area contributed by atoms with Crippen LogP contribution in [0.2, 0.25) is 0 Å². The van der Waals surface area contributed by atoms with Gasteiger partial charge in [-0.15, -0.1) is 0 Å². The van der Waals surface area contributed by atoms with Gasteiger partial charge < -0.3 is 4.57 Å². The lowest BCUT2D eigenvalue weighted by atomic mass is 9.93. The number of pyridine rings is 1. The standard InChI is InChI=1S/C16H22N4O2S/c1-13-5-6-14(9-17-13)8-15-4-3-7-20(10-15)23(21,22)16-11-19(2)12-18-16/h5-6,9,11-12,15H,3-4,7-8,10H2,1-2H3. The fourth-order valence-corrected chi connectivity index (χ4v) is 4.54. The molecule has 0 bridgehead atoms. The van der Waals surface area contributed by atoms with Gasteiger partial charge in [0.25, 0.3) is 10.0 Å². The van der Waals surface area contributed by atoms with E-state index < -0.39 is 10.0 Å². The lowest BCUT2D eigenvalue weighted by Gasteiger charge is -2.31. The minimum Gasteiger partial charge on any atom is -0.339 e. The molecule has 23 heavy (non-hydrogen) atoms. The quantitative estimate of drug-likeness (QED) is 0.854. The van der Waals surface area contributed by atoms with Gasteiger partial charge in [0, 0.05) is 38.2 Å². The monoisotopic (exact) mass is 334 g/mol. The van der Waals surface area contributed by atoms with Crippen LogP contribution in [0.4, 0.5) is 0 Å². The third kappa shape index (κ3) is 3.61. The fraction of sp³-hybridized carbons (Fsp3) is 0.500. The van der Waals surface area contributed by atoms with Crippen molar-refractivity contribution in [2.75, 3.05) is 13.1 Å². The second-order valence-corrected chi connectivity index (χ2v) is 8.15. The minimum atomic E-state index is -3.49. The van der Waals surface area contributed by atoms with Crippen LogP contribution in [0.1, 0.15) is 24.1 Å². The molecular weight excluding hydrogens is 312 g/mol. The Morgan fingerprint density at radius 3 is 2.78 bits per heavy atom. The van der Waals surface area contributed by atoms with E-state index in [0.29, 0.717) is 19.0 Å². The molecule has 6 nitrogen and oxygen atoms in total. The first-order valence-corrected chi connectivity index (χ1v) is 9.29. The van der Waals surface area contributed by atoms with Crippen molar-refractivity contribution in [1.29, 1.82) is 0 Å². The van der Waals surface area contributed by atoms with Crippen LogP contribution >= 0.6 is 0 Å². The second kappa shape index (κ2) is 6.41. The van der Waals surface area contributed by atoms with Gasteiger partial charge in [0.05, 0.1) is 6.33 Å². The number of hydrogen-bond donors (Lipinski definition) is 0. The number of nitrogens with zero attached hydrogens (tertiary/aromatic N) is 4. The third-order valence-electron chi connectivity index (χ3n) is 4.26. The van der Waals surface area contributed by atoms with Gasteiger partial charge in [-0.3, -0.25) is 4.98 Å². The first kappa shape index (κ1) is 16.1. The Kier molecular flexibility index (Phi) is 4.50. The SMILES string of the molecule is Cc1ccc(CC2CCCN(S(=O)(=O)c3cn(C)cn3)C2)cn1. The van der Waals surface area contributed by atoms with Crippen LogP contribution in [-0.4, -0.2) is 40.3 Å². The molecule has 3 heterocycles. The average Bonchev–Trinajstić information content (AvgIpc) is 2.97. The molecule has 1 unspecified atom stereocenters. The molecule has 0 aromatic carbocycles. The highest BCUT2D eigenvalue weighted by Crippen LogP contribution is 2.25. The summed E-state index contributed by atoms with van der Waals surface area (Å²) in [5.41, 5.74) is 2.16. The number of piperidine rings is 1. The zero-order valence-corrected chi connectivity index (χ0v) is 14.3. The zero-order chi connectivity index (χ0) is 16.4. The van der Waals surface area contributed by atoms with Gasteiger partial charge in [-0.25, -0.2) is 13.4 Å². The van der Waals surface area contributed by atoms with E-state index in [4.69, 9.17) is 0 Å². The molecule has 0 saturated carbocycles. The minimum absolute atomic E-state index is 0.137. The van der Waals surface area contributed by atoms with Crippen molar-refractivity contribution < 1.29 is 8.42 Å². The number of hydrogen-bond acceptors (Lipinski definition) is 4. The van der Waals surface area contributed by atoms with Crippen LogP contribution in [-0.2, 0) is 23.5 Å². The molecule has 0 radical (unpaired) electrons. The van der Waals surface area contributed by atoms with Gasteiger partial charge in [-0.05, 0) is 43.7 Å². The highest BCUT2D eigenvalue weighted by molar-refractivity contribution is 7.89. The molecule has 1 fully saturated rings. The average molecular weight is 334 g/mol. The maximum Gasteiger partial charge on any atom is 0.262 e. The summed E-state index contributed by atoms with van der Waals surface area (Å²) in [5.74, 6) is 0.326. The highest BCUT2D eigenvalue weighted by Gasteiger charge is 2.31. The largest absolute Gasteiger partial charge is 0.339 e. The smallest absolute Gasteiger partial charge is 0.262 e. The number of aryl methyl sites for hydroxylation is 2. The summed E-state index contributed by atoms with van der Waals surface area (Å²) in [6.45, 7) is 3.08. The third-order valence-corrected chi connectivity index (χ3v) is 6.01. The highest BCUT2D eigenvalue weighted by atomic mass is 32.2. The molecule has 1 aliphatic heterocycles. The summed E-state index contributed by atoms with van der Waals surface area (Å²) < 4.78 is 28.6. The topological polar surface area (TPSA) is 68.1 Å². The Morgan fingerprint density at radius 2 is 2.13 bits per heavy atom. The number of sulfonamides is 1. The molecule has 1 atom stereocenters. The van der Waals surface area contributed by atoms with Crippen molar-refractivity contribution in [3.63, 3.8) is 0 Å². The molecule has 7 heteroatoms. The van der Waals surface area contributed by atoms with E-state index in [1.165, 1.54) is 6.33 Å². The van der Waals surface area contributed by atoms with Gasteiger partial charge in [0.15, 0.2) is 5.03 Å². The molecule has 1 saturated heterocycles. The van der Waals surface area contributed by atoms with Crippen LogP contribution in [0, 0.1) is 12.8 Å². The Balaban J connectivity index is 1.71. The number of imidazole rings is 1. The van der Waals surface area contributed by atoms with Crippen LogP contribution in [0.15, 0.2) is 35.9 Å². The van der Waals surface area contributed by atoms with Crippen LogP contribution in [0.25, 0.3) is 0 Å². The van der Waals surface area contributed by atoms with Gasteiger partial charge in [-0.2, -0.15) is 4.31 Å². The number of aromatic nitrogens is 3. The second-order valence-electron chi connectivity index (χ2n) is 6.26. The summed E-state index contributed by atoms with van der Waals surface area (Å²) in [5, 5.41) is 0.137. The Morgan fingerprint density at radius 1 is 1.30 bits per heavy atom. The predicted molar refractivity (Wildman–Crippen MR) is 87.4 cm³/mol. The molecular formula is C16H22N4O2S. The Labute approximate surface area is 137 Å². The van der Waals surface area contributed by atoms with E-state index in [1.54, 1.807) is 22.1 Å². The van der Waals surface area contributed by atoms with Crippen molar-refractivity contribution in [3.05, 3.63) is 42.1 Å². The number of rotatable bonds is 4. The van der Waals surface area contributed by atoms with Crippen molar-refractivity contribution in [2.45, 2.75) is 31.2 Å². The zero-order valence-electron chi connectivity index (χ0n) is 13.5. The van der Waals surface area contributed by atoms with Crippen molar-refractivity contribution in [1.82, 2.24) is 18.8 Å². The van der Waals surface area contributed by atoms with Crippen molar-refractivity contribution in [2.24, 2.45) is 13.0 Å². The first-order valence-electron chi connectivity index (χ1n) is 7.85. The molecule has 0 spiro atoms. The maximum atomic E-state index is 12.7. The van der Waals surface area contributed by atoms with E-state index in [9.17, 15) is 8.42 Å². The van der Waals surface area contributed by atoms with E-state index in [2.05, 4.69) is 16.0 Å². The van der Waals surface area contributed by atoms with Crippen LogP contribution in [0.5, 0.6) is 0 Å². The van der Waals surface area contributed by atoms with E-state index >= 15 is 0 Å². The first-order chi connectivity index (χ1) is 10.9. The van der Waals surface area contributed by atoms with Gasteiger partial charge >= 0.3 is 0 Å². The van der Waals surface area contributed by atoms with E-state index in [1.807, 2.05) is 19.2 Å². The van der Waals surface area contributed by atoms with E-state index in [0.717, 1.165) is 30.5 Å². The lowest BCUT2D eigenvalue weighted by molar-refractivity contribution is 0.265. The normalized spacial score (nSPS) is 19.8. The molecule has 0 aliphatic carbocycles. The van der Waals surface area contributed by atoms with Gasteiger partial charge in [-0.1, -0.05) is 6.07 Å². The Hall–Kier alpha value is -1.73. The summed E-state index contributed by atoms with van der Waals surface area (Å²) in [6.07, 6.45) is 7.76. The molecule has 124 valence electrons. The molecule has 1 aliphatic rings. The predicted octanol–water partition coefficient (Wildman–Crippen LogP) is 1.77. The molecule has 2 aromatic heterocycles. The summed E-state index contributed by atoms with van der Waals surface area (Å²) >= 11 is 0. The lowest BCUT2D eigenvalue weighted by Crippen LogP contribution is -2.40.